The molecule has 23 N–H and O–H groups in total. The highest BCUT2D eigenvalue weighted by atomic mass is 16.4. The number of carboxylic acid groups (broad SMARTS) is 1. The maximum atomic E-state index is 14.7. The number of aliphatic carboxylic acids is 1. The Morgan fingerprint density at radius 1 is 0.453 bits per heavy atom. The SMILES string of the molecule is CC[C@H](C)[C@H](NC(=O)[C@@H](N)Cc1cnc[nH]1)C(=O)N[C@@H](Cc1cnc[nH]1)C(=O)N[C@@H](CCCCN)C(=O)N[C@@H](Cc1cnc[nH]1)C(=O)N[C@H](C(=O)N[C@H](C(=O)N[C@@H](Cc1ccccc1)C(=O)N[C@@H](CC(C)C)C(=O)N[C@@H](CC(N)=O)C(=O)N[C@@H](CO)C(=O)N[C@@H](Cc1ccccc1)C(=O)O)C(C)C)[C@@H](C)O. The van der Waals surface area contributed by atoms with E-state index in [-0.39, 0.29) is 63.8 Å². The molecule has 3 aromatic heterocycles. The molecule has 14 atom stereocenters. The van der Waals surface area contributed by atoms with Crippen LogP contribution in [-0.4, -0.2) is 214 Å². The third-order valence-electron chi connectivity index (χ3n) is 17.2. The molecule has 12 amide bonds. The zero-order valence-corrected chi connectivity index (χ0v) is 60.4. The van der Waals surface area contributed by atoms with Crippen LogP contribution < -0.4 is 75.7 Å². The van der Waals surface area contributed by atoms with Gasteiger partial charge in [0.25, 0.3) is 0 Å². The van der Waals surface area contributed by atoms with Crippen molar-refractivity contribution in [3.63, 3.8) is 0 Å². The first-order chi connectivity index (χ1) is 50.4. The molecule has 0 unspecified atom stereocenters. The second-order valence-electron chi connectivity index (χ2n) is 26.8. The van der Waals surface area contributed by atoms with Gasteiger partial charge in [-0.25, -0.2) is 19.7 Å². The molecule has 0 radical (unpaired) electrons. The molecule has 0 saturated carbocycles. The van der Waals surface area contributed by atoms with Crippen molar-refractivity contribution >= 4 is 76.9 Å². The van der Waals surface area contributed by atoms with Crippen LogP contribution in [0.4, 0.5) is 0 Å². The highest BCUT2D eigenvalue weighted by Gasteiger charge is 2.39. The van der Waals surface area contributed by atoms with E-state index in [0.717, 1.165) is 0 Å². The lowest BCUT2D eigenvalue weighted by Gasteiger charge is -2.30. The van der Waals surface area contributed by atoms with Crippen LogP contribution in [0.15, 0.2) is 98.2 Å². The lowest BCUT2D eigenvalue weighted by atomic mass is 9.96. The molecule has 3 heterocycles. The van der Waals surface area contributed by atoms with Gasteiger partial charge < -0.3 is 106 Å². The van der Waals surface area contributed by atoms with E-state index in [9.17, 15) is 77.6 Å². The number of aliphatic hydroxyl groups excluding tert-OH is 2. The molecule has 5 aromatic rings. The summed E-state index contributed by atoms with van der Waals surface area (Å²) < 4.78 is 0. The first kappa shape index (κ1) is 85.7. The van der Waals surface area contributed by atoms with Crippen LogP contribution in [0, 0.1) is 17.8 Å². The minimum Gasteiger partial charge on any atom is -0.480 e. The number of carbonyl (C=O) groups excluding carboxylic acids is 12. The van der Waals surface area contributed by atoms with Crippen LogP contribution in [0.5, 0.6) is 0 Å². The van der Waals surface area contributed by atoms with Crippen molar-refractivity contribution < 1.29 is 77.6 Å². The number of nitrogens with two attached hydrogens (primary N) is 3. The van der Waals surface area contributed by atoms with Crippen LogP contribution in [0.2, 0.25) is 0 Å². The van der Waals surface area contributed by atoms with Crippen molar-refractivity contribution in [3.05, 3.63) is 126 Å². The highest BCUT2D eigenvalue weighted by molar-refractivity contribution is 6.00. The number of nitrogens with zero attached hydrogens (tertiary/aromatic N) is 3. The average molecular weight is 1480 g/mol. The van der Waals surface area contributed by atoms with Gasteiger partial charge in [0.15, 0.2) is 0 Å². The van der Waals surface area contributed by atoms with Gasteiger partial charge in [-0.2, -0.15) is 0 Å². The Morgan fingerprint density at radius 2 is 0.840 bits per heavy atom. The molecule has 0 fully saturated rings. The number of nitrogens with one attached hydrogen (secondary N) is 14. The zero-order chi connectivity index (χ0) is 78.2. The maximum absolute atomic E-state index is 14.7. The fourth-order valence-electron chi connectivity index (χ4n) is 11.1. The smallest absolute Gasteiger partial charge is 0.326 e. The number of aliphatic hydroxyl groups is 2. The number of carbonyl (C=O) groups is 13. The summed E-state index contributed by atoms with van der Waals surface area (Å²) >= 11 is 0. The Bertz CT molecular complexity index is 3660. The van der Waals surface area contributed by atoms with Gasteiger partial charge in [0.2, 0.25) is 70.9 Å². The molecule has 0 aliphatic carbocycles. The number of carboxylic acids is 1. The first-order valence-corrected chi connectivity index (χ1v) is 35.0. The standard InChI is InChI=1S/C70H102N20O16/c1-8-39(6)57(89-59(94)46(72)26-43-30-74-34-77-43)68(103)85-50(27-44-31-75-35-78-44)63(98)80-47(21-15-16-22-71)60(95)82-51(28-45-32-76-36-79-45)65(100)90-58(40(7)92)69(104)88-56(38(4)5)67(102)84-49(24-41-17-11-9-12-18-41)62(97)81-48(23-37(2)3)61(96)83-52(29-55(73)93)64(99)87-54(33-91)66(101)86-53(70(105)106)25-42-19-13-10-14-20-42/h9-14,17-20,30-32,34-40,46-54,56-58,91-92H,8,15-16,21-29,33,71-72H2,1-7H3,(H2,73,93)(H,74,77)(H,75,78)(H,76,79)(H,80,98)(H,81,97)(H,82,95)(H,83,96)(H,84,102)(H,85,103)(H,86,101)(H,87,99)(H,88,104)(H,89,94)(H,90,100)(H,105,106)/t39-,40+,46-,47-,48-,49-,50-,51-,52-,53-,54-,56-,57-,58-/m0/s1. The second-order valence-corrected chi connectivity index (χ2v) is 26.8. The van der Waals surface area contributed by atoms with Gasteiger partial charge in [-0.1, -0.05) is 109 Å². The molecule has 0 bridgehead atoms. The van der Waals surface area contributed by atoms with Crippen LogP contribution >= 0.6 is 0 Å². The molecular weight excluding hydrogens is 1380 g/mol. The predicted octanol–water partition coefficient (Wildman–Crippen LogP) is -3.76. The fourth-order valence-corrected chi connectivity index (χ4v) is 11.1. The Balaban J connectivity index is 1.35. The monoisotopic (exact) mass is 1480 g/mol. The topological polar surface area (TPSA) is 579 Å². The van der Waals surface area contributed by atoms with E-state index in [2.05, 4.69) is 88.4 Å². The summed E-state index contributed by atoms with van der Waals surface area (Å²) in [5.41, 5.74) is 20.0. The van der Waals surface area contributed by atoms with E-state index < -0.39 is 180 Å². The number of unbranched alkanes of at least 4 members (excludes halogenated alkanes) is 1. The van der Waals surface area contributed by atoms with Gasteiger partial charge in [0, 0.05) is 67.8 Å². The van der Waals surface area contributed by atoms with Gasteiger partial charge in [-0.3, -0.25) is 57.5 Å². The van der Waals surface area contributed by atoms with Gasteiger partial charge in [-0.05, 0) is 68.0 Å². The van der Waals surface area contributed by atoms with Gasteiger partial charge in [0.05, 0.1) is 44.2 Å². The minimum atomic E-state index is -1.84. The van der Waals surface area contributed by atoms with Crippen molar-refractivity contribution in [2.75, 3.05) is 13.2 Å². The summed E-state index contributed by atoms with van der Waals surface area (Å²) in [7, 11) is 0. The van der Waals surface area contributed by atoms with Crippen LogP contribution in [-0.2, 0) is 94.4 Å². The highest BCUT2D eigenvalue weighted by Crippen LogP contribution is 2.16. The van der Waals surface area contributed by atoms with Crippen LogP contribution in [0.1, 0.15) is 115 Å². The molecule has 578 valence electrons. The largest absolute Gasteiger partial charge is 0.480 e. The number of H-pyrrole nitrogens is 3. The van der Waals surface area contributed by atoms with Crippen molar-refractivity contribution in [3.8, 4) is 0 Å². The van der Waals surface area contributed by atoms with Crippen molar-refractivity contribution in [2.24, 2.45) is 35.0 Å². The lowest BCUT2D eigenvalue weighted by Crippen LogP contribution is -2.63. The number of primary amides is 1. The maximum Gasteiger partial charge on any atom is 0.326 e. The van der Waals surface area contributed by atoms with E-state index in [1.807, 2.05) is 6.92 Å². The van der Waals surface area contributed by atoms with Crippen molar-refractivity contribution in [1.29, 1.82) is 0 Å². The summed E-state index contributed by atoms with van der Waals surface area (Å²) in [5, 5.41) is 59.4. The Hall–Kier alpha value is -11.0. The number of amides is 12. The Morgan fingerprint density at radius 3 is 1.30 bits per heavy atom. The number of imidazole rings is 3. The fraction of sp³-hybridized carbons (Fsp3) is 0.514. The normalized spacial score (nSPS) is 15.3. The number of hydrogen-bond donors (Lipinski definition) is 20. The van der Waals surface area contributed by atoms with Gasteiger partial charge >= 0.3 is 5.97 Å². The summed E-state index contributed by atoms with van der Waals surface area (Å²) in [5.74, 6) is -14.6. The molecule has 106 heavy (non-hydrogen) atoms. The molecule has 36 nitrogen and oxygen atoms in total. The molecule has 5 rings (SSSR count). The number of rotatable bonds is 46. The van der Waals surface area contributed by atoms with Crippen LogP contribution in [0.3, 0.4) is 0 Å². The average Bonchev–Trinajstić information content (AvgIpc) is 0.996. The molecule has 0 aliphatic rings. The number of aromatic amines is 3. The number of benzene rings is 2. The predicted molar refractivity (Wildman–Crippen MR) is 383 cm³/mol. The van der Waals surface area contributed by atoms with Crippen molar-refractivity contribution in [1.82, 2.24) is 88.4 Å². The van der Waals surface area contributed by atoms with E-state index in [0.29, 0.717) is 41.1 Å². The third-order valence-corrected chi connectivity index (χ3v) is 17.2. The van der Waals surface area contributed by atoms with E-state index in [4.69, 9.17) is 17.2 Å². The Labute approximate surface area is 612 Å². The van der Waals surface area contributed by atoms with Gasteiger partial charge in [0.1, 0.15) is 66.5 Å². The first-order valence-electron chi connectivity index (χ1n) is 35.0. The quantitative estimate of drug-likeness (QED) is 0.0166. The summed E-state index contributed by atoms with van der Waals surface area (Å²) in [6, 6.07) is -1.48. The molecule has 0 saturated heterocycles. The Kier molecular flexibility index (Phi) is 35.0. The summed E-state index contributed by atoms with van der Waals surface area (Å²) in [6.07, 6.45) is 6.08. The zero-order valence-electron chi connectivity index (χ0n) is 60.4. The molecule has 36 heteroatoms. The van der Waals surface area contributed by atoms with Crippen molar-refractivity contribution in [2.45, 2.75) is 198 Å². The van der Waals surface area contributed by atoms with E-state index in [1.54, 1.807) is 95.3 Å². The molecular formula is C70H102N20O16. The second kappa shape index (κ2) is 43.3. The van der Waals surface area contributed by atoms with Gasteiger partial charge in [-0.15, -0.1) is 0 Å². The number of aromatic nitrogens is 6. The number of hydrogen-bond acceptors (Lipinski definition) is 20. The summed E-state index contributed by atoms with van der Waals surface area (Å²) in [4.78, 5) is 202. The van der Waals surface area contributed by atoms with E-state index in [1.165, 1.54) is 44.5 Å². The summed E-state index contributed by atoms with van der Waals surface area (Å²) in [6.45, 7) is 10.4. The third kappa shape index (κ3) is 28.2. The van der Waals surface area contributed by atoms with E-state index >= 15 is 0 Å². The minimum absolute atomic E-state index is 0.0377. The lowest BCUT2D eigenvalue weighted by molar-refractivity contribution is -0.142. The molecule has 0 aliphatic heterocycles. The van der Waals surface area contributed by atoms with Crippen LogP contribution in [0.25, 0.3) is 0 Å². The molecule has 0 spiro atoms. The molecule has 2 aromatic carbocycles.